The first-order valence-corrected chi connectivity index (χ1v) is 6.77. The largest absolute Gasteiger partial charge is 0.354 e. The van der Waals surface area contributed by atoms with E-state index in [1.807, 2.05) is 30.3 Å². The Hall–Kier alpha value is -1.51. The number of aromatic nitrogens is 1. The lowest BCUT2D eigenvalue weighted by Gasteiger charge is -2.02. The molecule has 0 saturated heterocycles. The maximum absolute atomic E-state index is 11.9. The second-order valence-electron chi connectivity index (χ2n) is 4.56. The van der Waals surface area contributed by atoms with Gasteiger partial charge in [-0.05, 0) is 31.2 Å². The number of carbonyl (C=O) groups excluding carboxylic acids is 1. The Labute approximate surface area is 120 Å². The summed E-state index contributed by atoms with van der Waals surface area (Å²) in [6, 6.07) is 11.3. The number of aromatic amines is 1. The van der Waals surface area contributed by atoms with Gasteiger partial charge in [0, 0.05) is 32.4 Å². The SMILES string of the molecule is CC(Cl)C(=O)c1ccc2c(c1)[nH]c1ccc(Cl)cc12. The second kappa shape index (κ2) is 4.55. The smallest absolute Gasteiger partial charge is 0.180 e. The minimum Gasteiger partial charge on any atom is -0.354 e. The van der Waals surface area contributed by atoms with Crippen molar-refractivity contribution >= 4 is 50.8 Å². The summed E-state index contributed by atoms with van der Waals surface area (Å²) in [6.45, 7) is 1.68. The molecular formula is C15H11Cl2NO. The summed E-state index contributed by atoms with van der Waals surface area (Å²) in [5, 5.41) is 2.29. The molecule has 2 aromatic carbocycles. The molecule has 0 aliphatic carbocycles. The highest BCUT2D eigenvalue weighted by Crippen LogP contribution is 2.28. The zero-order valence-electron chi connectivity index (χ0n) is 10.2. The highest BCUT2D eigenvalue weighted by Gasteiger charge is 2.14. The van der Waals surface area contributed by atoms with Crippen LogP contribution in [0, 0.1) is 0 Å². The molecule has 1 unspecified atom stereocenters. The average Bonchev–Trinajstić information content (AvgIpc) is 2.74. The van der Waals surface area contributed by atoms with Gasteiger partial charge in [0.05, 0.1) is 5.38 Å². The van der Waals surface area contributed by atoms with Crippen molar-refractivity contribution < 1.29 is 4.79 Å². The molecule has 1 N–H and O–H groups in total. The van der Waals surface area contributed by atoms with Crippen molar-refractivity contribution in [2.45, 2.75) is 12.3 Å². The lowest BCUT2D eigenvalue weighted by Crippen LogP contribution is -2.09. The lowest BCUT2D eigenvalue weighted by atomic mass is 10.1. The van der Waals surface area contributed by atoms with Crippen molar-refractivity contribution in [2.24, 2.45) is 0 Å². The summed E-state index contributed by atoms with van der Waals surface area (Å²) in [4.78, 5) is 15.2. The molecular weight excluding hydrogens is 281 g/mol. The number of halogens is 2. The Morgan fingerprint density at radius 2 is 1.89 bits per heavy atom. The van der Waals surface area contributed by atoms with Gasteiger partial charge >= 0.3 is 0 Å². The van der Waals surface area contributed by atoms with Crippen LogP contribution in [-0.4, -0.2) is 16.1 Å². The third-order valence-corrected chi connectivity index (χ3v) is 3.64. The number of Topliss-reactive ketones (excluding diaryl/α,β-unsaturated/α-hetero) is 1. The van der Waals surface area contributed by atoms with E-state index in [0.717, 1.165) is 21.8 Å². The molecule has 0 amide bonds. The van der Waals surface area contributed by atoms with E-state index in [2.05, 4.69) is 4.98 Å². The first kappa shape index (κ1) is 12.5. The van der Waals surface area contributed by atoms with Crippen LogP contribution in [0.5, 0.6) is 0 Å². The molecule has 19 heavy (non-hydrogen) atoms. The minimum absolute atomic E-state index is 0.0692. The van der Waals surface area contributed by atoms with Crippen LogP contribution in [0.15, 0.2) is 36.4 Å². The van der Waals surface area contributed by atoms with Gasteiger partial charge in [0.2, 0.25) is 0 Å². The predicted octanol–water partition coefficient (Wildman–Crippen LogP) is 4.78. The number of nitrogens with one attached hydrogen (secondary N) is 1. The fourth-order valence-corrected chi connectivity index (χ4v) is 2.56. The number of ketones is 1. The van der Waals surface area contributed by atoms with E-state index >= 15 is 0 Å². The van der Waals surface area contributed by atoms with Crippen molar-refractivity contribution in [3.63, 3.8) is 0 Å². The van der Waals surface area contributed by atoms with Crippen LogP contribution in [0.4, 0.5) is 0 Å². The van der Waals surface area contributed by atoms with Crippen LogP contribution in [0.1, 0.15) is 17.3 Å². The second-order valence-corrected chi connectivity index (χ2v) is 5.65. The molecule has 1 aromatic heterocycles. The third-order valence-electron chi connectivity index (χ3n) is 3.21. The molecule has 1 heterocycles. The van der Waals surface area contributed by atoms with Crippen LogP contribution < -0.4 is 0 Å². The molecule has 0 spiro atoms. The van der Waals surface area contributed by atoms with Gasteiger partial charge in [-0.3, -0.25) is 4.79 Å². The van der Waals surface area contributed by atoms with Crippen LogP contribution >= 0.6 is 23.2 Å². The summed E-state index contributed by atoms with van der Waals surface area (Å²) in [6.07, 6.45) is 0. The Morgan fingerprint density at radius 3 is 2.63 bits per heavy atom. The van der Waals surface area contributed by atoms with Gasteiger partial charge in [-0.25, -0.2) is 0 Å². The van der Waals surface area contributed by atoms with Gasteiger partial charge in [-0.15, -0.1) is 11.6 Å². The standard InChI is InChI=1S/C15H11Cl2NO/c1-8(16)15(19)9-2-4-11-12-7-10(17)3-5-13(12)18-14(11)6-9/h2-8,18H,1H3. The van der Waals surface area contributed by atoms with Crippen molar-refractivity contribution in [2.75, 3.05) is 0 Å². The van der Waals surface area contributed by atoms with Crippen LogP contribution in [-0.2, 0) is 0 Å². The van der Waals surface area contributed by atoms with E-state index in [0.29, 0.717) is 10.6 Å². The molecule has 3 aromatic rings. The minimum atomic E-state index is -0.517. The van der Waals surface area contributed by atoms with Crippen LogP contribution in [0.2, 0.25) is 5.02 Å². The van der Waals surface area contributed by atoms with Gasteiger partial charge < -0.3 is 4.98 Å². The van der Waals surface area contributed by atoms with E-state index in [-0.39, 0.29) is 5.78 Å². The third kappa shape index (κ3) is 2.11. The van der Waals surface area contributed by atoms with Crippen LogP contribution in [0.25, 0.3) is 21.8 Å². The summed E-state index contributed by atoms with van der Waals surface area (Å²) in [5.41, 5.74) is 2.54. The molecule has 2 nitrogen and oxygen atoms in total. The molecule has 1 atom stereocenters. The quantitative estimate of drug-likeness (QED) is 0.535. The first-order valence-electron chi connectivity index (χ1n) is 5.95. The maximum atomic E-state index is 11.9. The Bertz CT molecular complexity index is 789. The molecule has 96 valence electrons. The average molecular weight is 292 g/mol. The number of carbonyl (C=O) groups is 1. The van der Waals surface area contributed by atoms with Crippen LogP contribution in [0.3, 0.4) is 0 Å². The Morgan fingerprint density at radius 1 is 1.11 bits per heavy atom. The lowest BCUT2D eigenvalue weighted by molar-refractivity contribution is 0.0992. The number of alkyl halides is 1. The number of hydrogen-bond acceptors (Lipinski definition) is 1. The number of H-pyrrole nitrogens is 1. The van der Waals surface area contributed by atoms with Gasteiger partial charge in [0.15, 0.2) is 5.78 Å². The van der Waals surface area contributed by atoms with Crippen molar-refractivity contribution in [3.05, 3.63) is 47.0 Å². The molecule has 4 heteroatoms. The zero-order valence-corrected chi connectivity index (χ0v) is 11.7. The van der Waals surface area contributed by atoms with Gasteiger partial charge in [0.1, 0.15) is 0 Å². The van der Waals surface area contributed by atoms with E-state index in [9.17, 15) is 4.79 Å². The molecule has 3 rings (SSSR count). The van der Waals surface area contributed by atoms with Crippen molar-refractivity contribution in [1.29, 1.82) is 0 Å². The maximum Gasteiger partial charge on any atom is 0.180 e. The topological polar surface area (TPSA) is 32.9 Å². The summed E-state index contributed by atoms with van der Waals surface area (Å²) in [5.74, 6) is -0.0692. The Kier molecular flexibility index (Phi) is 3.00. The molecule has 0 fully saturated rings. The Balaban J connectivity index is 2.25. The van der Waals surface area contributed by atoms with E-state index in [1.54, 1.807) is 13.0 Å². The zero-order chi connectivity index (χ0) is 13.6. The summed E-state index contributed by atoms with van der Waals surface area (Å²) in [7, 11) is 0. The number of hydrogen-bond donors (Lipinski definition) is 1. The number of fused-ring (bicyclic) bond motifs is 3. The molecule has 0 bridgehead atoms. The molecule has 0 radical (unpaired) electrons. The highest BCUT2D eigenvalue weighted by atomic mass is 35.5. The fourth-order valence-electron chi connectivity index (χ4n) is 2.26. The highest BCUT2D eigenvalue weighted by molar-refractivity contribution is 6.34. The summed E-state index contributed by atoms with van der Waals surface area (Å²) >= 11 is 11.9. The molecule has 0 saturated carbocycles. The van der Waals surface area contributed by atoms with Gasteiger partial charge in [-0.1, -0.05) is 23.7 Å². The van der Waals surface area contributed by atoms with Gasteiger partial charge in [-0.2, -0.15) is 0 Å². The van der Waals surface area contributed by atoms with E-state index in [1.165, 1.54) is 0 Å². The number of benzene rings is 2. The first-order chi connectivity index (χ1) is 9.06. The van der Waals surface area contributed by atoms with Crippen molar-refractivity contribution in [1.82, 2.24) is 4.98 Å². The normalized spacial score (nSPS) is 13.0. The monoisotopic (exact) mass is 291 g/mol. The fraction of sp³-hybridized carbons (Fsp3) is 0.133. The van der Waals surface area contributed by atoms with E-state index in [4.69, 9.17) is 23.2 Å². The van der Waals surface area contributed by atoms with Crippen molar-refractivity contribution in [3.8, 4) is 0 Å². The molecule has 0 aliphatic heterocycles. The molecule has 0 aliphatic rings. The van der Waals surface area contributed by atoms with Gasteiger partial charge in [0.25, 0.3) is 0 Å². The predicted molar refractivity (Wildman–Crippen MR) is 80.5 cm³/mol. The number of rotatable bonds is 2. The van der Waals surface area contributed by atoms with E-state index < -0.39 is 5.38 Å². The summed E-state index contributed by atoms with van der Waals surface area (Å²) < 4.78 is 0.